The zero-order chi connectivity index (χ0) is 22.0. The van der Waals surface area contributed by atoms with Gasteiger partial charge in [-0.1, -0.05) is 16.8 Å². The van der Waals surface area contributed by atoms with E-state index in [2.05, 4.69) is 30.6 Å². The maximum absolute atomic E-state index is 15.3. The van der Waals surface area contributed by atoms with Crippen LogP contribution in [0.25, 0.3) is 38.9 Å². The van der Waals surface area contributed by atoms with Gasteiger partial charge in [0.2, 0.25) is 5.91 Å². The van der Waals surface area contributed by atoms with Gasteiger partial charge in [0.05, 0.1) is 46.9 Å². The molecule has 1 aliphatic carbocycles. The predicted octanol–water partition coefficient (Wildman–Crippen LogP) is 4.02. The second-order valence-electron chi connectivity index (χ2n) is 7.46. The molecule has 1 saturated carbocycles. The maximum Gasteiger partial charge on any atom is 0.231 e. The molecular formula is C20H12ClF2N7O2. The summed E-state index contributed by atoms with van der Waals surface area (Å²) in [6.45, 7) is 0. The lowest BCUT2D eigenvalue weighted by Gasteiger charge is -2.11. The van der Waals surface area contributed by atoms with E-state index in [1.54, 1.807) is 16.8 Å². The van der Waals surface area contributed by atoms with Gasteiger partial charge in [-0.2, -0.15) is 5.10 Å². The molecule has 160 valence electrons. The first-order valence-corrected chi connectivity index (χ1v) is 9.93. The number of anilines is 1. The number of benzene rings is 1. The van der Waals surface area contributed by atoms with E-state index >= 15 is 4.39 Å². The van der Waals surface area contributed by atoms with E-state index in [0.29, 0.717) is 33.4 Å². The maximum atomic E-state index is 15.3. The molecule has 1 amide bonds. The van der Waals surface area contributed by atoms with Crippen LogP contribution in [-0.4, -0.2) is 41.8 Å². The highest BCUT2D eigenvalue weighted by molar-refractivity contribution is 6.36. The van der Waals surface area contributed by atoms with Crippen molar-refractivity contribution in [2.45, 2.75) is 12.6 Å². The van der Waals surface area contributed by atoms with Crippen molar-refractivity contribution in [2.24, 2.45) is 5.92 Å². The lowest BCUT2D eigenvalue weighted by Crippen LogP contribution is -2.15. The largest absolute Gasteiger partial charge is 0.364 e. The van der Waals surface area contributed by atoms with Crippen molar-refractivity contribution >= 4 is 39.9 Å². The van der Waals surface area contributed by atoms with Crippen molar-refractivity contribution in [2.75, 3.05) is 5.32 Å². The zero-order valence-corrected chi connectivity index (χ0v) is 16.8. The lowest BCUT2D eigenvalue weighted by molar-refractivity contribution is -0.117. The second-order valence-corrected chi connectivity index (χ2v) is 7.84. The Morgan fingerprint density at radius 2 is 2.12 bits per heavy atom. The number of nitrogens with zero attached hydrogens (tertiary/aromatic N) is 5. The zero-order valence-electron chi connectivity index (χ0n) is 16.0. The molecule has 5 aromatic rings. The molecule has 12 heteroatoms. The van der Waals surface area contributed by atoms with Crippen LogP contribution in [0, 0.1) is 11.7 Å². The van der Waals surface area contributed by atoms with E-state index in [0.717, 1.165) is 0 Å². The fourth-order valence-electron chi connectivity index (χ4n) is 3.71. The molecule has 4 heterocycles. The third-order valence-corrected chi connectivity index (χ3v) is 5.76. The fraction of sp³-hybridized carbons (Fsp3) is 0.150. The Bertz CT molecular complexity index is 1510. The predicted molar refractivity (Wildman–Crippen MR) is 110 cm³/mol. The normalized spacial score (nSPS) is 17.8. The first-order valence-electron chi connectivity index (χ1n) is 9.55. The number of imidazole rings is 1. The van der Waals surface area contributed by atoms with Gasteiger partial charge in [-0.15, -0.1) is 0 Å². The average Bonchev–Trinajstić information content (AvgIpc) is 3.21. The molecule has 0 bridgehead atoms. The number of fused-ring (bicyclic) bond motifs is 2. The Hall–Kier alpha value is -3.86. The number of halogens is 3. The molecule has 1 fully saturated rings. The summed E-state index contributed by atoms with van der Waals surface area (Å²) in [5.41, 5.74) is 2.16. The molecule has 2 atom stereocenters. The number of hydrogen-bond donors (Lipinski definition) is 2. The minimum absolute atomic E-state index is 0.140. The third kappa shape index (κ3) is 2.85. The van der Waals surface area contributed by atoms with Gasteiger partial charge >= 0.3 is 0 Å². The highest BCUT2D eigenvalue weighted by Crippen LogP contribution is 2.42. The first kappa shape index (κ1) is 18.9. The Balaban J connectivity index is 1.45. The molecule has 1 aliphatic rings. The van der Waals surface area contributed by atoms with Crippen LogP contribution >= 0.6 is 11.6 Å². The molecule has 4 aromatic heterocycles. The van der Waals surface area contributed by atoms with Crippen LogP contribution in [0.2, 0.25) is 5.02 Å². The third-order valence-electron chi connectivity index (χ3n) is 5.41. The fourth-order valence-corrected chi connectivity index (χ4v) is 4.00. The van der Waals surface area contributed by atoms with Crippen molar-refractivity contribution < 1.29 is 18.1 Å². The number of H-pyrrole nitrogens is 1. The van der Waals surface area contributed by atoms with E-state index in [4.69, 9.17) is 16.1 Å². The molecule has 6 rings (SSSR count). The molecule has 1 aromatic carbocycles. The number of rotatable bonds is 4. The smallest absolute Gasteiger partial charge is 0.231 e. The first-order chi connectivity index (χ1) is 15.5. The highest BCUT2D eigenvalue weighted by Gasteiger charge is 2.43. The SMILES string of the molecule is O=C(Nc1cn2cc(-c3c(Cl)c(F)c(-c4cnoc4)c4[nH]ncc34)ncc2n1)[C@@H]1C[C@@H]1F. The Kier molecular flexibility index (Phi) is 4.02. The Morgan fingerprint density at radius 1 is 1.28 bits per heavy atom. The summed E-state index contributed by atoms with van der Waals surface area (Å²) in [5.74, 6) is -1.45. The highest BCUT2D eigenvalue weighted by atomic mass is 35.5. The van der Waals surface area contributed by atoms with E-state index in [-0.39, 0.29) is 22.8 Å². The molecule has 0 spiro atoms. The molecule has 0 aliphatic heterocycles. The van der Waals surface area contributed by atoms with E-state index < -0.39 is 23.8 Å². The molecule has 0 saturated heterocycles. The Morgan fingerprint density at radius 3 is 2.88 bits per heavy atom. The summed E-state index contributed by atoms with van der Waals surface area (Å²) in [6, 6.07) is 0. The Labute approximate surface area is 182 Å². The summed E-state index contributed by atoms with van der Waals surface area (Å²) >= 11 is 6.44. The summed E-state index contributed by atoms with van der Waals surface area (Å²) in [4.78, 5) is 20.6. The minimum Gasteiger partial charge on any atom is -0.364 e. The number of aromatic nitrogens is 6. The molecular weight excluding hydrogens is 444 g/mol. The van der Waals surface area contributed by atoms with Gasteiger partial charge in [0.1, 0.15) is 12.4 Å². The molecule has 2 N–H and O–H groups in total. The van der Waals surface area contributed by atoms with E-state index in [1.807, 2.05) is 0 Å². The topological polar surface area (TPSA) is 114 Å². The number of hydrogen-bond acceptors (Lipinski definition) is 6. The van der Waals surface area contributed by atoms with Crippen molar-refractivity contribution in [1.29, 1.82) is 0 Å². The van der Waals surface area contributed by atoms with Crippen molar-refractivity contribution in [1.82, 2.24) is 29.7 Å². The molecule has 32 heavy (non-hydrogen) atoms. The van der Waals surface area contributed by atoms with Gasteiger partial charge in [-0.25, -0.2) is 13.8 Å². The lowest BCUT2D eigenvalue weighted by atomic mass is 9.99. The van der Waals surface area contributed by atoms with Crippen LogP contribution < -0.4 is 5.32 Å². The van der Waals surface area contributed by atoms with Crippen LogP contribution in [0.4, 0.5) is 14.6 Å². The number of nitrogens with one attached hydrogen (secondary N) is 2. The second kappa shape index (κ2) is 6.82. The van der Waals surface area contributed by atoms with Crippen molar-refractivity contribution in [3.63, 3.8) is 0 Å². The quantitative estimate of drug-likeness (QED) is 0.423. The number of aromatic amines is 1. The molecule has 9 nitrogen and oxygen atoms in total. The number of amides is 1. The van der Waals surface area contributed by atoms with Crippen LogP contribution in [0.5, 0.6) is 0 Å². The van der Waals surface area contributed by atoms with Gasteiger partial charge in [0.25, 0.3) is 0 Å². The van der Waals surface area contributed by atoms with Crippen LogP contribution in [0.15, 0.2) is 41.8 Å². The van der Waals surface area contributed by atoms with Gasteiger partial charge < -0.3 is 14.2 Å². The van der Waals surface area contributed by atoms with Crippen LogP contribution in [-0.2, 0) is 4.79 Å². The van der Waals surface area contributed by atoms with Gasteiger partial charge in [-0.3, -0.25) is 14.9 Å². The number of carbonyl (C=O) groups excluding carboxylic acids is 1. The minimum atomic E-state index is -1.10. The van der Waals surface area contributed by atoms with Gasteiger partial charge in [0.15, 0.2) is 17.3 Å². The van der Waals surface area contributed by atoms with Gasteiger partial charge in [-0.05, 0) is 6.42 Å². The summed E-state index contributed by atoms with van der Waals surface area (Å²) in [7, 11) is 0. The standard InChI is InChI=1S/C20H12ClF2N7O2/c21-17-16(10-3-25-29-19(10)15(18(17)23)8-2-26-32-7-8)12-5-30-6-13(27-14(30)4-24-12)28-20(31)9-1-11(9)22/h2-7,9,11H,1H2,(H,25,29)(H,28,31)/t9-,11+/m1/s1. The number of carbonyl (C=O) groups is 1. The molecule has 0 unspecified atom stereocenters. The summed E-state index contributed by atoms with van der Waals surface area (Å²) in [6.07, 6.45) is 7.99. The monoisotopic (exact) mass is 455 g/mol. The van der Waals surface area contributed by atoms with E-state index in [1.165, 1.54) is 24.9 Å². The van der Waals surface area contributed by atoms with Crippen molar-refractivity contribution in [3.8, 4) is 22.4 Å². The molecule has 0 radical (unpaired) electrons. The van der Waals surface area contributed by atoms with Gasteiger partial charge in [0, 0.05) is 28.3 Å². The summed E-state index contributed by atoms with van der Waals surface area (Å²) in [5, 5.41) is 13.5. The summed E-state index contributed by atoms with van der Waals surface area (Å²) < 4.78 is 34.9. The van der Waals surface area contributed by atoms with Crippen molar-refractivity contribution in [3.05, 3.63) is 48.1 Å². The van der Waals surface area contributed by atoms with Crippen LogP contribution in [0.3, 0.4) is 0 Å². The van der Waals surface area contributed by atoms with Crippen LogP contribution in [0.1, 0.15) is 6.42 Å². The number of alkyl halides is 1. The van der Waals surface area contributed by atoms with E-state index in [9.17, 15) is 9.18 Å². The average molecular weight is 456 g/mol.